The molecule has 2 aliphatic heterocycles. The lowest BCUT2D eigenvalue weighted by atomic mass is 9.83. The number of anilines is 3. The normalized spacial score (nSPS) is 25.0. The molecule has 0 aliphatic carbocycles. The quantitative estimate of drug-likeness (QED) is 0.611. The summed E-state index contributed by atoms with van der Waals surface area (Å²) in [5.74, 6) is -0.454. The van der Waals surface area contributed by atoms with Crippen LogP contribution in [0.25, 0.3) is 0 Å². The second-order valence-electron chi connectivity index (χ2n) is 5.51. The Morgan fingerprint density at radius 2 is 2.05 bits per heavy atom. The van der Waals surface area contributed by atoms with Crippen molar-refractivity contribution in [2.45, 2.75) is 18.5 Å². The van der Waals surface area contributed by atoms with Gasteiger partial charge in [-0.2, -0.15) is 0 Å². The number of aromatic nitrogens is 1. The zero-order chi connectivity index (χ0) is 15.5. The Kier molecular flexibility index (Phi) is 2.31. The summed E-state index contributed by atoms with van der Waals surface area (Å²) in [7, 11) is 0. The Morgan fingerprint density at radius 1 is 1.32 bits per heavy atom. The SMILES string of the molecule is CC1(C(N)=O)C(=O)Nc2cc3c(cc21)NC(c1cnco1)N3. The van der Waals surface area contributed by atoms with E-state index >= 15 is 0 Å². The summed E-state index contributed by atoms with van der Waals surface area (Å²) in [6.07, 6.45) is 2.71. The van der Waals surface area contributed by atoms with Crippen molar-refractivity contribution < 1.29 is 14.0 Å². The zero-order valence-corrected chi connectivity index (χ0v) is 11.6. The van der Waals surface area contributed by atoms with E-state index in [9.17, 15) is 9.59 Å². The molecular formula is C14H13N5O3. The van der Waals surface area contributed by atoms with Crippen LogP contribution in [-0.2, 0) is 15.0 Å². The lowest BCUT2D eigenvalue weighted by Crippen LogP contribution is -2.44. The second kappa shape index (κ2) is 4.00. The Labute approximate surface area is 125 Å². The fraction of sp³-hybridized carbons (Fsp3) is 0.214. The minimum Gasteiger partial charge on any atom is -0.444 e. The lowest BCUT2D eigenvalue weighted by Gasteiger charge is -2.17. The first-order valence-corrected chi connectivity index (χ1v) is 6.71. The van der Waals surface area contributed by atoms with Crippen molar-refractivity contribution in [2.24, 2.45) is 5.73 Å². The van der Waals surface area contributed by atoms with Crippen LogP contribution < -0.4 is 21.7 Å². The van der Waals surface area contributed by atoms with Gasteiger partial charge in [-0.15, -0.1) is 0 Å². The number of carbonyl (C=O) groups is 2. The lowest BCUT2D eigenvalue weighted by molar-refractivity contribution is -0.131. The molecule has 5 N–H and O–H groups in total. The van der Waals surface area contributed by atoms with Gasteiger partial charge in [-0.05, 0) is 19.1 Å². The molecule has 22 heavy (non-hydrogen) atoms. The van der Waals surface area contributed by atoms with Crippen LogP contribution in [0, 0.1) is 0 Å². The van der Waals surface area contributed by atoms with E-state index in [1.165, 1.54) is 13.3 Å². The van der Waals surface area contributed by atoms with Crippen LogP contribution in [-0.4, -0.2) is 16.8 Å². The Bertz CT molecular complexity index is 801. The number of nitrogens with two attached hydrogens (primary N) is 1. The number of hydrogen-bond acceptors (Lipinski definition) is 6. The topological polar surface area (TPSA) is 122 Å². The number of nitrogens with zero attached hydrogens (tertiary/aromatic N) is 1. The largest absolute Gasteiger partial charge is 0.444 e. The maximum absolute atomic E-state index is 12.1. The van der Waals surface area contributed by atoms with E-state index in [2.05, 4.69) is 20.9 Å². The number of carbonyl (C=O) groups excluding carboxylic acids is 2. The molecule has 112 valence electrons. The number of rotatable bonds is 2. The maximum atomic E-state index is 12.1. The molecule has 8 heteroatoms. The van der Waals surface area contributed by atoms with Crippen LogP contribution in [0.1, 0.15) is 24.4 Å². The molecule has 1 aromatic carbocycles. The van der Waals surface area contributed by atoms with Crippen molar-refractivity contribution >= 4 is 28.9 Å². The molecule has 0 fully saturated rings. The standard InChI is InChI=1S/C14H13N5O3/c1-14(12(15)20)6-2-8-9(3-7(6)19-13(14)21)18-11(17-8)10-4-16-5-22-10/h2-5,11,17-18H,1H3,(H2,15,20)(H,19,21). The fourth-order valence-corrected chi connectivity index (χ4v) is 2.83. The summed E-state index contributed by atoms with van der Waals surface area (Å²) in [6.45, 7) is 1.53. The molecule has 1 aromatic heterocycles. The predicted octanol–water partition coefficient (Wildman–Crippen LogP) is 0.906. The first-order chi connectivity index (χ1) is 10.5. The second-order valence-corrected chi connectivity index (χ2v) is 5.51. The first kappa shape index (κ1) is 12.7. The average molecular weight is 299 g/mol. The molecule has 2 unspecified atom stereocenters. The van der Waals surface area contributed by atoms with E-state index in [1.807, 2.05) is 0 Å². The van der Waals surface area contributed by atoms with Gasteiger partial charge in [0.05, 0.1) is 17.6 Å². The van der Waals surface area contributed by atoms with Gasteiger partial charge < -0.3 is 26.1 Å². The highest BCUT2D eigenvalue weighted by atomic mass is 16.3. The van der Waals surface area contributed by atoms with E-state index in [0.29, 0.717) is 17.0 Å². The molecule has 4 rings (SSSR count). The van der Waals surface area contributed by atoms with Crippen LogP contribution in [0.3, 0.4) is 0 Å². The fourth-order valence-electron chi connectivity index (χ4n) is 2.83. The molecule has 2 atom stereocenters. The summed E-state index contributed by atoms with van der Waals surface area (Å²) in [4.78, 5) is 27.7. The minimum atomic E-state index is -1.36. The van der Waals surface area contributed by atoms with Crippen LogP contribution in [0.15, 0.2) is 29.1 Å². The monoisotopic (exact) mass is 299 g/mol. The first-order valence-electron chi connectivity index (χ1n) is 6.71. The number of hydrogen-bond donors (Lipinski definition) is 4. The van der Waals surface area contributed by atoms with Crippen molar-refractivity contribution in [3.05, 3.63) is 36.0 Å². The molecule has 2 amide bonds. The third kappa shape index (κ3) is 1.49. The Hall–Kier alpha value is -3.03. The Balaban J connectivity index is 1.76. The minimum absolute atomic E-state index is 0.254. The number of primary amides is 1. The van der Waals surface area contributed by atoms with E-state index in [4.69, 9.17) is 10.2 Å². The molecule has 0 spiro atoms. The summed E-state index contributed by atoms with van der Waals surface area (Å²) in [6, 6.07) is 3.54. The van der Waals surface area contributed by atoms with E-state index in [-0.39, 0.29) is 6.17 Å². The predicted molar refractivity (Wildman–Crippen MR) is 78.1 cm³/mol. The zero-order valence-electron chi connectivity index (χ0n) is 11.6. The van der Waals surface area contributed by atoms with Crippen molar-refractivity contribution in [1.82, 2.24) is 4.98 Å². The molecule has 0 saturated carbocycles. The van der Waals surface area contributed by atoms with Crippen molar-refractivity contribution in [1.29, 1.82) is 0 Å². The number of amides is 2. The number of nitrogens with one attached hydrogen (secondary N) is 3. The van der Waals surface area contributed by atoms with E-state index in [0.717, 1.165) is 11.4 Å². The van der Waals surface area contributed by atoms with Gasteiger partial charge in [0.15, 0.2) is 23.7 Å². The highest BCUT2D eigenvalue weighted by molar-refractivity contribution is 6.20. The van der Waals surface area contributed by atoms with Gasteiger partial charge in [0.25, 0.3) is 0 Å². The summed E-state index contributed by atoms with van der Waals surface area (Å²) in [5, 5.41) is 9.15. The molecule has 0 saturated heterocycles. The summed E-state index contributed by atoms with van der Waals surface area (Å²) in [5.41, 5.74) is 6.78. The molecule has 0 bridgehead atoms. The van der Waals surface area contributed by atoms with E-state index in [1.54, 1.807) is 18.3 Å². The number of fused-ring (bicyclic) bond motifs is 2. The number of oxazole rings is 1. The maximum Gasteiger partial charge on any atom is 0.244 e. The molecule has 0 radical (unpaired) electrons. The van der Waals surface area contributed by atoms with Crippen molar-refractivity contribution in [3.63, 3.8) is 0 Å². The summed E-state index contributed by atoms with van der Waals surface area (Å²) < 4.78 is 5.27. The third-order valence-electron chi connectivity index (χ3n) is 4.23. The average Bonchev–Trinajstić information content (AvgIpc) is 3.17. The van der Waals surface area contributed by atoms with Gasteiger partial charge in [-0.1, -0.05) is 0 Å². The van der Waals surface area contributed by atoms with Gasteiger partial charge in [0.2, 0.25) is 11.8 Å². The van der Waals surface area contributed by atoms with Gasteiger partial charge in [0, 0.05) is 11.3 Å². The van der Waals surface area contributed by atoms with Gasteiger partial charge in [0.1, 0.15) is 0 Å². The Morgan fingerprint density at radius 3 is 2.68 bits per heavy atom. The van der Waals surface area contributed by atoms with E-state index < -0.39 is 17.2 Å². The highest BCUT2D eigenvalue weighted by Gasteiger charge is 2.48. The number of benzene rings is 1. The smallest absolute Gasteiger partial charge is 0.244 e. The van der Waals surface area contributed by atoms with Crippen LogP contribution >= 0.6 is 0 Å². The molecule has 8 nitrogen and oxygen atoms in total. The molecule has 2 aliphatic rings. The van der Waals surface area contributed by atoms with Crippen LogP contribution in [0.5, 0.6) is 0 Å². The van der Waals surface area contributed by atoms with Crippen molar-refractivity contribution in [2.75, 3.05) is 16.0 Å². The van der Waals surface area contributed by atoms with Gasteiger partial charge in [-0.25, -0.2) is 4.98 Å². The molecule has 2 aromatic rings. The molecule has 3 heterocycles. The highest BCUT2D eigenvalue weighted by Crippen LogP contribution is 2.45. The van der Waals surface area contributed by atoms with Gasteiger partial charge in [-0.3, -0.25) is 9.59 Å². The van der Waals surface area contributed by atoms with Gasteiger partial charge >= 0.3 is 0 Å². The van der Waals surface area contributed by atoms with Crippen molar-refractivity contribution in [3.8, 4) is 0 Å². The molecular weight excluding hydrogens is 286 g/mol. The third-order valence-corrected chi connectivity index (χ3v) is 4.23. The summed E-state index contributed by atoms with van der Waals surface area (Å²) >= 11 is 0. The van der Waals surface area contributed by atoms with Crippen LogP contribution in [0.2, 0.25) is 0 Å². The van der Waals surface area contributed by atoms with Crippen LogP contribution in [0.4, 0.5) is 17.1 Å².